The molecule has 0 saturated carbocycles. The van der Waals surface area contributed by atoms with E-state index in [0.29, 0.717) is 12.0 Å². The summed E-state index contributed by atoms with van der Waals surface area (Å²) in [7, 11) is 3.98. The molecule has 0 bridgehead atoms. The molecule has 2 aromatic heterocycles. The van der Waals surface area contributed by atoms with Crippen LogP contribution in [0.15, 0.2) is 10.7 Å². The SMILES string of the molecule is Cc1noc(C)c1-c1cnc(N(C)C)nc1[C@H]1CCCN(C2CCOCC2)C1. The Bertz CT molecular complexity index is 794. The molecular formula is C21H31N5O2. The fraction of sp³-hybridized carbons (Fsp3) is 0.667. The summed E-state index contributed by atoms with van der Waals surface area (Å²) in [5.74, 6) is 1.98. The molecule has 0 radical (unpaired) electrons. The van der Waals surface area contributed by atoms with E-state index >= 15 is 0 Å². The highest BCUT2D eigenvalue weighted by molar-refractivity contribution is 5.70. The molecule has 4 rings (SSSR count). The standard InChI is InChI=1S/C21H31N5O2/c1-14-19(15(2)28-24-14)18-12-22-21(25(3)4)23-20(18)16-6-5-9-26(13-16)17-7-10-27-11-8-17/h12,16-17H,5-11,13H2,1-4H3/t16-/m0/s1. The van der Waals surface area contributed by atoms with E-state index in [2.05, 4.69) is 15.0 Å². The van der Waals surface area contributed by atoms with Crippen molar-refractivity contribution in [2.75, 3.05) is 45.3 Å². The van der Waals surface area contributed by atoms with Gasteiger partial charge in [-0.3, -0.25) is 4.90 Å². The van der Waals surface area contributed by atoms with Crippen LogP contribution in [0, 0.1) is 13.8 Å². The quantitative estimate of drug-likeness (QED) is 0.801. The third-order valence-corrected chi connectivity index (χ3v) is 6.05. The first-order chi connectivity index (χ1) is 13.5. The van der Waals surface area contributed by atoms with Crippen molar-refractivity contribution < 1.29 is 9.26 Å². The van der Waals surface area contributed by atoms with Crippen molar-refractivity contribution in [2.45, 2.75) is 51.5 Å². The van der Waals surface area contributed by atoms with Gasteiger partial charge in [0.25, 0.3) is 0 Å². The van der Waals surface area contributed by atoms with Crippen LogP contribution < -0.4 is 4.90 Å². The molecule has 7 heteroatoms. The Morgan fingerprint density at radius 1 is 1.14 bits per heavy atom. The van der Waals surface area contributed by atoms with Gasteiger partial charge < -0.3 is 14.2 Å². The van der Waals surface area contributed by atoms with Gasteiger partial charge in [-0.1, -0.05) is 5.16 Å². The number of aryl methyl sites for hydroxylation is 2. The minimum Gasteiger partial charge on any atom is -0.381 e. The number of aromatic nitrogens is 3. The average molecular weight is 386 g/mol. The topological polar surface area (TPSA) is 67.5 Å². The number of anilines is 1. The minimum atomic E-state index is 0.391. The monoisotopic (exact) mass is 385 g/mol. The molecule has 2 aromatic rings. The predicted molar refractivity (Wildman–Crippen MR) is 109 cm³/mol. The first-order valence-electron chi connectivity index (χ1n) is 10.3. The summed E-state index contributed by atoms with van der Waals surface area (Å²) in [5, 5.41) is 4.16. The van der Waals surface area contributed by atoms with Gasteiger partial charge in [-0.05, 0) is 46.1 Å². The second kappa shape index (κ2) is 8.17. The molecular weight excluding hydrogens is 354 g/mol. The summed E-state index contributed by atoms with van der Waals surface area (Å²) < 4.78 is 11.0. The van der Waals surface area contributed by atoms with Crippen molar-refractivity contribution in [2.24, 2.45) is 0 Å². The zero-order valence-corrected chi connectivity index (χ0v) is 17.4. The van der Waals surface area contributed by atoms with E-state index in [1.54, 1.807) is 0 Å². The normalized spacial score (nSPS) is 21.8. The minimum absolute atomic E-state index is 0.391. The Labute approximate surface area is 167 Å². The average Bonchev–Trinajstić information content (AvgIpc) is 3.06. The van der Waals surface area contributed by atoms with Crippen molar-refractivity contribution in [1.82, 2.24) is 20.0 Å². The van der Waals surface area contributed by atoms with E-state index in [9.17, 15) is 0 Å². The van der Waals surface area contributed by atoms with Crippen LogP contribution in [-0.2, 0) is 4.74 Å². The lowest BCUT2D eigenvalue weighted by molar-refractivity contribution is 0.0238. The summed E-state index contributed by atoms with van der Waals surface area (Å²) in [6, 6.07) is 0.634. The maximum Gasteiger partial charge on any atom is 0.225 e. The first-order valence-corrected chi connectivity index (χ1v) is 10.3. The molecule has 4 heterocycles. The predicted octanol–water partition coefficient (Wildman–Crippen LogP) is 3.17. The molecule has 0 aromatic carbocycles. The molecule has 0 N–H and O–H groups in total. The lowest BCUT2D eigenvalue weighted by Gasteiger charge is -2.40. The highest BCUT2D eigenvalue weighted by Gasteiger charge is 2.31. The molecule has 0 unspecified atom stereocenters. The van der Waals surface area contributed by atoms with Crippen molar-refractivity contribution >= 4 is 5.95 Å². The van der Waals surface area contributed by atoms with E-state index in [1.807, 2.05) is 39.0 Å². The van der Waals surface area contributed by atoms with Crippen molar-refractivity contribution in [3.63, 3.8) is 0 Å². The summed E-state index contributed by atoms with van der Waals surface area (Å²) >= 11 is 0. The van der Waals surface area contributed by atoms with E-state index in [0.717, 1.165) is 73.2 Å². The van der Waals surface area contributed by atoms with E-state index in [1.165, 1.54) is 13.0 Å². The Kier molecular flexibility index (Phi) is 5.64. The smallest absolute Gasteiger partial charge is 0.225 e. The van der Waals surface area contributed by atoms with E-state index < -0.39 is 0 Å². The largest absolute Gasteiger partial charge is 0.381 e. The van der Waals surface area contributed by atoms with Crippen LogP contribution in [0.3, 0.4) is 0 Å². The van der Waals surface area contributed by atoms with Crippen molar-refractivity contribution in [3.05, 3.63) is 23.3 Å². The highest BCUT2D eigenvalue weighted by Crippen LogP contribution is 2.37. The summed E-state index contributed by atoms with van der Waals surface area (Å²) in [6.07, 6.45) is 6.58. The molecule has 2 aliphatic rings. The van der Waals surface area contributed by atoms with Gasteiger partial charge in [0, 0.05) is 57.6 Å². The molecule has 28 heavy (non-hydrogen) atoms. The third-order valence-electron chi connectivity index (χ3n) is 6.05. The molecule has 0 amide bonds. The van der Waals surface area contributed by atoms with Gasteiger partial charge in [-0.2, -0.15) is 0 Å². The van der Waals surface area contributed by atoms with Crippen LogP contribution in [-0.4, -0.2) is 66.5 Å². The highest BCUT2D eigenvalue weighted by atomic mass is 16.5. The van der Waals surface area contributed by atoms with E-state index in [-0.39, 0.29) is 0 Å². The van der Waals surface area contributed by atoms with Gasteiger partial charge in [-0.25, -0.2) is 9.97 Å². The summed E-state index contributed by atoms with van der Waals surface area (Å²) in [4.78, 5) is 14.2. The third kappa shape index (κ3) is 3.78. The van der Waals surface area contributed by atoms with Crippen LogP contribution in [0.2, 0.25) is 0 Å². The summed E-state index contributed by atoms with van der Waals surface area (Å²) in [5.41, 5.74) is 4.14. The Hall–Kier alpha value is -1.99. The fourth-order valence-corrected chi connectivity index (χ4v) is 4.58. The number of nitrogens with zero attached hydrogens (tertiary/aromatic N) is 5. The fourth-order valence-electron chi connectivity index (χ4n) is 4.58. The van der Waals surface area contributed by atoms with Crippen LogP contribution in [0.1, 0.15) is 48.7 Å². The second-order valence-electron chi connectivity index (χ2n) is 8.24. The van der Waals surface area contributed by atoms with Crippen molar-refractivity contribution in [1.29, 1.82) is 0 Å². The van der Waals surface area contributed by atoms with Crippen LogP contribution >= 0.6 is 0 Å². The van der Waals surface area contributed by atoms with Gasteiger partial charge in [0.1, 0.15) is 5.76 Å². The maximum atomic E-state index is 5.57. The van der Waals surface area contributed by atoms with Gasteiger partial charge >= 0.3 is 0 Å². The molecule has 1 atom stereocenters. The van der Waals surface area contributed by atoms with Gasteiger partial charge in [-0.15, -0.1) is 0 Å². The molecule has 2 fully saturated rings. The van der Waals surface area contributed by atoms with Crippen LogP contribution in [0.25, 0.3) is 11.1 Å². The van der Waals surface area contributed by atoms with Gasteiger partial charge in [0.15, 0.2) is 0 Å². The first kappa shape index (κ1) is 19.3. The van der Waals surface area contributed by atoms with Crippen LogP contribution in [0.4, 0.5) is 5.95 Å². The zero-order valence-electron chi connectivity index (χ0n) is 17.4. The molecule has 152 valence electrons. The Balaban J connectivity index is 1.69. The van der Waals surface area contributed by atoms with Crippen LogP contribution in [0.5, 0.6) is 0 Å². The Morgan fingerprint density at radius 3 is 2.61 bits per heavy atom. The van der Waals surface area contributed by atoms with E-state index in [4.69, 9.17) is 14.2 Å². The summed E-state index contributed by atoms with van der Waals surface area (Å²) in [6.45, 7) is 7.94. The molecule has 0 aliphatic carbocycles. The lowest BCUT2D eigenvalue weighted by atomic mass is 9.88. The number of ether oxygens (including phenoxy) is 1. The molecule has 0 spiro atoms. The maximum absolute atomic E-state index is 5.57. The molecule has 2 aliphatic heterocycles. The number of hydrogen-bond acceptors (Lipinski definition) is 7. The molecule has 7 nitrogen and oxygen atoms in total. The van der Waals surface area contributed by atoms with Gasteiger partial charge in [0.2, 0.25) is 5.95 Å². The zero-order chi connectivity index (χ0) is 19.7. The molecule has 2 saturated heterocycles. The Morgan fingerprint density at radius 2 is 1.93 bits per heavy atom. The lowest BCUT2D eigenvalue weighted by Crippen LogP contribution is -2.44. The van der Waals surface area contributed by atoms with Crippen molar-refractivity contribution in [3.8, 4) is 11.1 Å². The van der Waals surface area contributed by atoms with Gasteiger partial charge in [0.05, 0.1) is 17.0 Å². The number of piperidine rings is 1. The second-order valence-corrected chi connectivity index (χ2v) is 8.24. The number of rotatable bonds is 4. The number of likely N-dealkylation sites (tertiary alicyclic amines) is 1. The number of hydrogen-bond donors (Lipinski definition) is 0.